The summed E-state index contributed by atoms with van der Waals surface area (Å²) in [5.74, 6) is 0. The standard InChI is InChI=1S/C31H46S2.C27H39BrS2.C26H36S2.12CH3.4Sn/c1-3-4-5-6-7-8-9-10-11-12-13-14-15-16-17-18-19-20-21-27-26(2)28-22-24-32-30(28)31-29(27)23-25-33-31;1-4-6-8-10-12-14-16-21-22(17-15-13-11-9-7-5-2)24-19-25(28)30-27(24)26-23(21)18-20(3)29-26;1-3-5-7-9-11-13-15-21-22(16-14-12-10-8-6-4-2)24-18-20-28-26(24)25-23(21)17-19-27-25;;;;;;;;;;;;;;;;/h22-23H,3-21H2,1-2H3;18-19H,4-17H2,1-3H3;17-18H,3-16H2,1-2H3;12*1H3;;;;. The van der Waals surface area contributed by atoms with E-state index in [0.717, 1.165) is 0 Å². The molecule has 0 saturated carbocycles. The Bertz CT molecular complexity index is 3840. The monoisotopic (exact) mass is 2060 g/mol. The maximum atomic E-state index is 3.80. The van der Waals surface area contributed by atoms with Crippen LogP contribution in [0, 0.1) is 13.8 Å². The van der Waals surface area contributed by atoms with Crippen molar-refractivity contribution >= 4 is 230 Å². The van der Waals surface area contributed by atoms with Crippen molar-refractivity contribution in [1.29, 1.82) is 0 Å². The normalized spacial score (nSPS) is 12.6. The Kier molecular flexibility index (Phi) is 44.0. The Balaban J connectivity index is 0.000000226. The summed E-state index contributed by atoms with van der Waals surface area (Å²) in [6.07, 6.45) is 65.7. The van der Waals surface area contributed by atoms with E-state index in [0.29, 0.717) is 0 Å². The van der Waals surface area contributed by atoms with Gasteiger partial charge in [-0.2, -0.15) is 0 Å². The van der Waals surface area contributed by atoms with Gasteiger partial charge in [-0.25, -0.2) is 0 Å². The molecule has 9 rings (SSSR count). The van der Waals surface area contributed by atoms with E-state index in [1.807, 2.05) is 22.7 Å². The van der Waals surface area contributed by atoms with Gasteiger partial charge in [0, 0.05) is 4.88 Å². The maximum absolute atomic E-state index is 3.80. The summed E-state index contributed by atoms with van der Waals surface area (Å²) in [5.41, 5.74) is 10.2. The maximum Gasteiger partial charge on any atom is 0.0711 e. The van der Waals surface area contributed by atoms with Crippen molar-refractivity contribution in [2.45, 2.75) is 410 Å². The third-order valence-corrected chi connectivity index (χ3v) is 68.6. The molecule has 107 heavy (non-hydrogen) atoms. The fourth-order valence-electron chi connectivity index (χ4n) is 16.3. The molecule has 0 N–H and O–H groups in total. The topological polar surface area (TPSA) is 0 Å². The number of hydrogen-bond acceptors (Lipinski definition) is 6. The molecule has 0 bridgehead atoms. The number of aryl methyl sites for hydroxylation is 7. The third kappa shape index (κ3) is 30.4. The van der Waals surface area contributed by atoms with E-state index in [9.17, 15) is 0 Å². The van der Waals surface area contributed by atoms with Crippen LogP contribution >= 0.6 is 84.0 Å². The average Bonchev–Trinajstić information content (AvgIpc) is 1.71. The molecule has 0 aliphatic rings. The van der Waals surface area contributed by atoms with Gasteiger partial charge >= 0.3 is 439 Å². The van der Waals surface area contributed by atoms with Crippen LogP contribution < -0.4 is 11.6 Å². The average molecular weight is 2060 g/mol. The van der Waals surface area contributed by atoms with Crippen molar-refractivity contribution in [2.75, 3.05) is 0 Å². The third-order valence-electron chi connectivity index (χ3n) is 23.2. The molecule has 0 spiro atoms. The molecule has 0 amide bonds. The zero-order valence-corrected chi connectivity index (χ0v) is 90.4. The van der Waals surface area contributed by atoms with Gasteiger partial charge < -0.3 is 0 Å². The summed E-state index contributed by atoms with van der Waals surface area (Å²) < 4.78 is 18.0. The number of fused-ring (bicyclic) bond motifs is 9. The first-order valence-electron chi connectivity index (χ1n) is 44.9. The molecule has 9 aromatic rings. The minimum Gasteiger partial charge on any atom is -0.139 e. The number of thiophene rings is 6. The van der Waals surface area contributed by atoms with Gasteiger partial charge in [-0.05, 0) is 82.6 Å². The molecule has 600 valence electrons. The smallest absolute Gasteiger partial charge is 0.0711 e. The predicted molar refractivity (Wildman–Crippen MR) is 522 cm³/mol. The van der Waals surface area contributed by atoms with Gasteiger partial charge in [0.25, 0.3) is 0 Å². The summed E-state index contributed by atoms with van der Waals surface area (Å²) in [4.78, 5) is 32.6. The van der Waals surface area contributed by atoms with Crippen LogP contribution in [0.25, 0.3) is 60.5 Å². The summed E-state index contributed by atoms with van der Waals surface area (Å²) in [7, 11) is 0. The van der Waals surface area contributed by atoms with E-state index in [4.69, 9.17) is 0 Å². The van der Waals surface area contributed by atoms with Crippen LogP contribution in [0.1, 0.15) is 343 Å². The van der Waals surface area contributed by atoms with Gasteiger partial charge in [0.1, 0.15) is 0 Å². The zero-order valence-electron chi connectivity index (χ0n) is 72.5. The number of rotatable bonds is 51. The molecule has 0 nitrogen and oxygen atoms in total. The van der Waals surface area contributed by atoms with Crippen molar-refractivity contribution in [3.05, 3.63) is 78.4 Å². The van der Waals surface area contributed by atoms with Crippen molar-refractivity contribution in [3.63, 3.8) is 0 Å². The SMILES string of the molecule is CCCCCCCCCCCCCCCCCCCCc1c(C)c2c[c]([Sn]([CH3])([CH3])[CH3])sc2c2s[c]([Sn]([CH3])([CH3])[CH3])cc12.CCCCCCCCc1c(CCCCCCCC)c2c[c]([Sn]([CH3])([CH3])[CH3])sc2c2s[c]([Sn]([CH3])([CH3])[CH3])cc12.CCCCCCCCc1c(CCCCCCCC)c2cc(Br)sc2c2sc(C)cc12. The van der Waals surface area contributed by atoms with E-state index < -0.39 is 73.5 Å². The fraction of sp³-hybridized carbons (Fsp3) is 0.688. The Morgan fingerprint density at radius 2 is 0.421 bits per heavy atom. The first-order chi connectivity index (χ1) is 51.3. The van der Waals surface area contributed by atoms with Crippen molar-refractivity contribution < 1.29 is 0 Å². The van der Waals surface area contributed by atoms with E-state index in [1.54, 1.807) is 90.7 Å². The van der Waals surface area contributed by atoms with E-state index in [-0.39, 0.29) is 0 Å². The molecule has 3 aromatic carbocycles. The second-order valence-electron chi connectivity index (χ2n) is 37.2. The Morgan fingerprint density at radius 1 is 0.224 bits per heavy atom. The van der Waals surface area contributed by atoms with E-state index >= 15 is 0 Å². The Labute approximate surface area is 708 Å². The summed E-state index contributed by atoms with van der Waals surface area (Å²) in [6.45, 7) is 16.3. The first-order valence-corrected chi connectivity index (χ1v) is 90.6. The number of halogens is 1. The van der Waals surface area contributed by atoms with Crippen LogP contribution in [0.4, 0.5) is 0 Å². The molecule has 0 saturated heterocycles. The van der Waals surface area contributed by atoms with Crippen molar-refractivity contribution in [1.82, 2.24) is 0 Å². The number of benzene rings is 3. The van der Waals surface area contributed by atoms with E-state index in [1.165, 1.54) is 325 Å². The van der Waals surface area contributed by atoms with Gasteiger partial charge in [-0.1, -0.05) is 156 Å². The van der Waals surface area contributed by atoms with Crippen LogP contribution in [-0.4, -0.2) is 73.5 Å². The molecule has 6 heterocycles. The fourth-order valence-corrected chi connectivity index (χ4v) is 45.1. The van der Waals surface area contributed by atoms with Gasteiger partial charge in [-0.15, -0.1) is 22.7 Å². The second kappa shape index (κ2) is 49.5. The van der Waals surface area contributed by atoms with Gasteiger partial charge in [0.2, 0.25) is 0 Å². The molecule has 6 aromatic heterocycles. The summed E-state index contributed by atoms with van der Waals surface area (Å²) in [6, 6.07) is 15.6. The number of unbranched alkanes of at least 4 members (excludes halogenated alkanes) is 37. The van der Waals surface area contributed by atoms with Gasteiger partial charge in [-0.3, -0.25) is 0 Å². The summed E-state index contributed by atoms with van der Waals surface area (Å²) >= 11 is 8.00. The van der Waals surface area contributed by atoms with Crippen LogP contribution in [0.2, 0.25) is 59.3 Å². The Morgan fingerprint density at radius 3 is 0.692 bits per heavy atom. The predicted octanol–water partition coefficient (Wildman–Crippen LogP) is 35.1. The molecular formula is C96H157BrS6Sn4. The largest absolute Gasteiger partial charge is 0.139 e. The van der Waals surface area contributed by atoms with Crippen molar-refractivity contribution in [3.8, 4) is 0 Å². The molecule has 0 radical (unpaired) electrons. The molecular weight excluding hydrogens is 1900 g/mol. The van der Waals surface area contributed by atoms with Crippen molar-refractivity contribution in [2.24, 2.45) is 0 Å². The van der Waals surface area contributed by atoms with Crippen LogP contribution in [0.15, 0.2) is 40.2 Å². The molecule has 11 heteroatoms. The molecule has 0 atom stereocenters. The minimum atomic E-state index is -2.13. The van der Waals surface area contributed by atoms with Crippen LogP contribution in [0.5, 0.6) is 0 Å². The molecule has 0 aliphatic carbocycles. The van der Waals surface area contributed by atoms with Crippen LogP contribution in [0.3, 0.4) is 0 Å². The van der Waals surface area contributed by atoms with Gasteiger partial charge in [0.05, 0.1) is 13.2 Å². The molecule has 0 unspecified atom stereocenters. The second-order valence-corrected chi connectivity index (χ2v) is 107. The Hall–Kier alpha value is 1.09. The quantitative estimate of drug-likeness (QED) is 0.0263. The van der Waals surface area contributed by atoms with Crippen LogP contribution in [-0.2, 0) is 32.1 Å². The van der Waals surface area contributed by atoms with E-state index in [2.05, 4.69) is 205 Å². The summed E-state index contributed by atoms with van der Waals surface area (Å²) in [5, 5.41) is 9.66. The first kappa shape index (κ1) is 95.2. The molecule has 0 fully saturated rings. The number of hydrogen-bond donors (Lipinski definition) is 0. The molecule has 0 aliphatic heterocycles. The minimum absolute atomic E-state index is 1.25. The van der Waals surface area contributed by atoms with Gasteiger partial charge in [0.15, 0.2) is 0 Å². The zero-order chi connectivity index (χ0) is 77.6.